The first-order valence-corrected chi connectivity index (χ1v) is 14.2. The molecule has 1 atom stereocenters. The van der Waals surface area contributed by atoms with Gasteiger partial charge in [0.25, 0.3) is 0 Å². The number of unbranched alkanes of at least 4 members (excludes halogenated alkanes) is 1. The van der Waals surface area contributed by atoms with Gasteiger partial charge in [-0.2, -0.15) is 0 Å². The number of carboxylic acids is 1. The van der Waals surface area contributed by atoms with Gasteiger partial charge in [-0.15, -0.1) is 10.2 Å². The normalized spacial score (nSPS) is 11.8. The lowest BCUT2D eigenvalue weighted by Crippen LogP contribution is -2.19. The summed E-state index contributed by atoms with van der Waals surface area (Å²) in [5.41, 5.74) is 2.40. The van der Waals surface area contributed by atoms with Gasteiger partial charge in [-0.05, 0) is 53.9 Å². The molecule has 0 aliphatic rings. The molecule has 4 aromatic rings. The van der Waals surface area contributed by atoms with Crippen LogP contribution in [0.1, 0.15) is 48.4 Å². The molecule has 1 aromatic heterocycles. The van der Waals surface area contributed by atoms with E-state index in [-0.39, 0.29) is 15.6 Å². The molecular weight excluding hydrogens is 557 g/mol. The maximum Gasteiger partial charge on any atom is 0.349 e. The van der Waals surface area contributed by atoms with Crippen LogP contribution < -0.4 is 9.47 Å². The molecule has 0 aliphatic heterocycles. The molecule has 0 spiro atoms. The van der Waals surface area contributed by atoms with Crippen molar-refractivity contribution >= 4 is 40.9 Å². The molecule has 10 heteroatoms. The summed E-state index contributed by atoms with van der Waals surface area (Å²) in [5, 5.41) is 20.0. The van der Waals surface area contributed by atoms with Crippen LogP contribution in [0, 0.1) is 0 Å². The Hall–Kier alpha value is -3.20. The van der Waals surface area contributed by atoms with Gasteiger partial charge in [-0.25, -0.2) is 4.79 Å². The molecule has 0 aliphatic carbocycles. The number of carboxylic acid groups (broad SMARTS) is 1. The van der Waals surface area contributed by atoms with E-state index < -0.39 is 12.1 Å². The fourth-order valence-electron chi connectivity index (χ4n) is 3.96. The Morgan fingerprint density at radius 2 is 1.62 bits per heavy atom. The number of nitrogens with zero attached hydrogens (tertiary/aromatic N) is 3. The molecule has 4 rings (SSSR count). The molecule has 204 valence electrons. The highest BCUT2D eigenvalue weighted by atomic mass is 35.5. The Morgan fingerprint density at radius 1 is 0.974 bits per heavy atom. The van der Waals surface area contributed by atoms with Crippen molar-refractivity contribution in [1.29, 1.82) is 0 Å². The number of hydrogen-bond acceptors (Lipinski definition) is 6. The summed E-state index contributed by atoms with van der Waals surface area (Å²) < 4.78 is 13.2. The lowest BCUT2D eigenvalue weighted by Gasteiger charge is -2.18. The maximum absolute atomic E-state index is 12.0. The standard InChI is InChI=1S/C29H29Cl2N3O4S/c1-3-4-8-25-32-33-29(39-18-20-11-13-21(37-2)14-12-20)34(25)17-19-9-15-22(16-10-19)38-27(28(35)36)26-23(30)6-5-7-24(26)31/h5-7,9-16,27H,3-4,8,17-18H2,1-2H3,(H,35,36). The van der Waals surface area contributed by atoms with Gasteiger partial charge in [0.05, 0.1) is 13.7 Å². The number of carbonyl (C=O) groups is 1. The Kier molecular flexibility index (Phi) is 10.1. The van der Waals surface area contributed by atoms with E-state index in [2.05, 4.69) is 21.7 Å². The number of thioether (sulfide) groups is 1. The second-order valence-electron chi connectivity index (χ2n) is 8.84. The lowest BCUT2D eigenvalue weighted by molar-refractivity contribution is -0.145. The third kappa shape index (κ3) is 7.47. The summed E-state index contributed by atoms with van der Waals surface area (Å²) in [6.45, 7) is 2.73. The zero-order chi connectivity index (χ0) is 27.8. The highest BCUT2D eigenvalue weighted by Gasteiger charge is 2.27. The Balaban J connectivity index is 1.50. The summed E-state index contributed by atoms with van der Waals surface area (Å²) in [7, 11) is 1.65. The van der Waals surface area contributed by atoms with E-state index in [1.165, 1.54) is 5.56 Å². The van der Waals surface area contributed by atoms with Crippen molar-refractivity contribution in [2.45, 2.75) is 49.7 Å². The predicted octanol–water partition coefficient (Wildman–Crippen LogP) is 7.48. The fourth-order valence-corrected chi connectivity index (χ4v) is 5.47. The molecule has 39 heavy (non-hydrogen) atoms. The molecule has 3 aromatic carbocycles. The maximum atomic E-state index is 12.0. The summed E-state index contributed by atoms with van der Waals surface area (Å²) in [6.07, 6.45) is 1.59. The van der Waals surface area contributed by atoms with Gasteiger partial charge in [0.2, 0.25) is 6.10 Å². The van der Waals surface area contributed by atoms with Crippen LogP contribution in [-0.4, -0.2) is 33.0 Å². The SMILES string of the molecule is CCCCc1nnc(SCc2ccc(OC)cc2)n1Cc1ccc(OC(C(=O)O)c2c(Cl)cccc2Cl)cc1. The number of hydrogen-bond donors (Lipinski definition) is 1. The zero-order valence-corrected chi connectivity index (χ0v) is 24.0. The van der Waals surface area contributed by atoms with Gasteiger partial charge in [-0.3, -0.25) is 0 Å². The van der Waals surface area contributed by atoms with Crippen LogP contribution in [0.2, 0.25) is 10.0 Å². The molecule has 0 radical (unpaired) electrons. The van der Waals surface area contributed by atoms with E-state index in [4.69, 9.17) is 32.7 Å². The first-order valence-electron chi connectivity index (χ1n) is 12.5. The number of benzene rings is 3. The minimum atomic E-state index is -1.34. The summed E-state index contributed by atoms with van der Waals surface area (Å²) in [5.74, 6) is 1.73. The van der Waals surface area contributed by atoms with E-state index in [1.54, 1.807) is 49.2 Å². The van der Waals surface area contributed by atoms with Gasteiger partial charge in [-0.1, -0.05) is 78.6 Å². The van der Waals surface area contributed by atoms with Crippen LogP contribution in [0.5, 0.6) is 11.5 Å². The van der Waals surface area contributed by atoms with Crippen molar-refractivity contribution in [1.82, 2.24) is 14.8 Å². The number of rotatable bonds is 13. The van der Waals surface area contributed by atoms with E-state index in [1.807, 2.05) is 36.4 Å². The smallest absolute Gasteiger partial charge is 0.349 e. The van der Waals surface area contributed by atoms with Crippen molar-refractivity contribution < 1.29 is 19.4 Å². The number of aryl methyl sites for hydroxylation is 1. The highest BCUT2D eigenvalue weighted by Crippen LogP contribution is 2.34. The molecule has 1 unspecified atom stereocenters. The minimum Gasteiger partial charge on any atom is -0.497 e. The van der Waals surface area contributed by atoms with E-state index in [0.29, 0.717) is 12.3 Å². The molecular formula is C29H29Cl2N3O4S. The first kappa shape index (κ1) is 28.8. The first-order chi connectivity index (χ1) is 18.9. The Bertz CT molecular complexity index is 1370. The summed E-state index contributed by atoms with van der Waals surface area (Å²) in [6, 6.07) is 20.1. The van der Waals surface area contributed by atoms with Crippen LogP contribution in [0.3, 0.4) is 0 Å². The number of halogens is 2. The van der Waals surface area contributed by atoms with Gasteiger partial charge >= 0.3 is 5.97 Å². The van der Waals surface area contributed by atoms with Crippen LogP contribution in [0.4, 0.5) is 0 Å². The van der Waals surface area contributed by atoms with Crippen LogP contribution in [0.25, 0.3) is 0 Å². The van der Waals surface area contributed by atoms with E-state index in [0.717, 1.165) is 47.3 Å². The molecule has 7 nitrogen and oxygen atoms in total. The number of methoxy groups -OCH3 is 1. The molecule has 0 fully saturated rings. The zero-order valence-electron chi connectivity index (χ0n) is 21.6. The summed E-state index contributed by atoms with van der Waals surface area (Å²) >= 11 is 14.1. The van der Waals surface area contributed by atoms with Gasteiger partial charge in [0, 0.05) is 27.8 Å². The van der Waals surface area contributed by atoms with Crippen LogP contribution >= 0.6 is 35.0 Å². The molecule has 0 saturated carbocycles. The molecule has 1 N–H and O–H groups in total. The average Bonchev–Trinajstić information content (AvgIpc) is 3.32. The monoisotopic (exact) mass is 585 g/mol. The molecule has 0 saturated heterocycles. The van der Waals surface area contributed by atoms with E-state index >= 15 is 0 Å². The van der Waals surface area contributed by atoms with Crippen molar-refractivity contribution in [3.63, 3.8) is 0 Å². The van der Waals surface area contributed by atoms with Crippen molar-refractivity contribution in [3.8, 4) is 11.5 Å². The molecule has 0 amide bonds. The quantitative estimate of drug-likeness (QED) is 0.163. The summed E-state index contributed by atoms with van der Waals surface area (Å²) in [4.78, 5) is 12.0. The van der Waals surface area contributed by atoms with Gasteiger partial charge < -0.3 is 19.1 Å². The van der Waals surface area contributed by atoms with Gasteiger partial charge in [0.1, 0.15) is 17.3 Å². The number of aromatic nitrogens is 3. The fraction of sp³-hybridized carbons (Fsp3) is 0.276. The minimum absolute atomic E-state index is 0.223. The van der Waals surface area contributed by atoms with Gasteiger partial charge in [0.15, 0.2) is 5.16 Å². The second-order valence-corrected chi connectivity index (χ2v) is 10.6. The lowest BCUT2D eigenvalue weighted by atomic mass is 10.1. The predicted molar refractivity (Wildman–Crippen MR) is 154 cm³/mol. The van der Waals surface area contributed by atoms with Crippen molar-refractivity contribution in [3.05, 3.63) is 99.3 Å². The second kappa shape index (κ2) is 13.7. The van der Waals surface area contributed by atoms with Crippen LogP contribution in [0.15, 0.2) is 71.9 Å². The Labute approximate surface area is 242 Å². The molecule has 1 heterocycles. The topological polar surface area (TPSA) is 86.5 Å². The van der Waals surface area contributed by atoms with Crippen molar-refractivity contribution in [2.24, 2.45) is 0 Å². The average molecular weight is 587 g/mol. The third-order valence-electron chi connectivity index (χ3n) is 6.08. The van der Waals surface area contributed by atoms with E-state index in [9.17, 15) is 9.90 Å². The molecule has 0 bridgehead atoms. The highest BCUT2D eigenvalue weighted by molar-refractivity contribution is 7.98. The largest absolute Gasteiger partial charge is 0.497 e. The van der Waals surface area contributed by atoms with Crippen molar-refractivity contribution in [2.75, 3.05) is 7.11 Å². The number of aliphatic carboxylic acids is 1. The van der Waals surface area contributed by atoms with Crippen LogP contribution in [-0.2, 0) is 23.5 Å². The number of ether oxygens (including phenoxy) is 2. The Morgan fingerprint density at radius 3 is 2.23 bits per heavy atom. The third-order valence-corrected chi connectivity index (χ3v) is 7.78.